The van der Waals surface area contributed by atoms with Crippen molar-refractivity contribution in [3.63, 3.8) is 0 Å². The fourth-order valence-corrected chi connectivity index (χ4v) is 3.01. The molecule has 1 N–H and O–H groups in total. The van der Waals surface area contributed by atoms with Crippen molar-refractivity contribution in [2.24, 2.45) is 5.92 Å². The molecule has 0 saturated carbocycles. The van der Waals surface area contributed by atoms with Gasteiger partial charge in [-0.1, -0.05) is 38.1 Å². The number of fused-ring (bicyclic) bond motifs is 1. The van der Waals surface area contributed by atoms with Crippen LogP contribution in [0.4, 0.5) is 4.79 Å². The molecule has 2 amide bonds. The first-order chi connectivity index (χ1) is 14.0. The number of urea groups is 1. The predicted molar refractivity (Wildman–Crippen MR) is 113 cm³/mol. The highest BCUT2D eigenvalue weighted by molar-refractivity contribution is 5.74. The monoisotopic (exact) mass is 398 g/mol. The molecule has 0 radical (unpaired) electrons. The maximum atomic E-state index is 12.6. The molecule has 0 aliphatic carbocycles. The van der Waals surface area contributed by atoms with E-state index in [0.717, 1.165) is 22.8 Å². The van der Waals surface area contributed by atoms with E-state index in [4.69, 9.17) is 14.2 Å². The summed E-state index contributed by atoms with van der Waals surface area (Å²) in [6.45, 7) is 8.84. The van der Waals surface area contributed by atoms with E-state index in [1.807, 2.05) is 55.5 Å². The van der Waals surface area contributed by atoms with E-state index < -0.39 is 0 Å². The minimum absolute atomic E-state index is 0.116. The number of likely N-dealkylation sites (N-methyl/N-ethyl adjacent to an activating group) is 1. The average molecular weight is 399 g/mol. The first-order valence-corrected chi connectivity index (χ1v) is 10.2. The van der Waals surface area contributed by atoms with Crippen LogP contribution in [-0.2, 0) is 6.54 Å². The molecule has 156 valence electrons. The third-order valence-corrected chi connectivity index (χ3v) is 4.61. The molecule has 0 fully saturated rings. The molecule has 1 aliphatic rings. The summed E-state index contributed by atoms with van der Waals surface area (Å²) >= 11 is 0. The molecule has 0 spiro atoms. The van der Waals surface area contributed by atoms with Gasteiger partial charge in [-0.15, -0.1) is 0 Å². The number of amides is 2. The average Bonchev–Trinajstić information content (AvgIpc) is 2.75. The molecule has 1 unspecified atom stereocenters. The lowest BCUT2D eigenvalue weighted by Crippen LogP contribution is -2.47. The second-order valence-electron chi connectivity index (χ2n) is 7.54. The van der Waals surface area contributed by atoms with Gasteiger partial charge in [-0.3, -0.25) is 0 Å². The lowest BCUT2D eigenvalue weighted by Gasteiger charge is -2.31. The van der Waals surface area contributed by atoms with Crippen molar-refractivity contribution in [3.8, 4) is 17.2 Å². The molecule has 2 aromatic carbocycles. The van der Waals surface area contributed by atoms with Gasteiger partial charge in [0.2, 0.25) is 0 Å². The summed E-state index contributed by atoms with van der Waals surface area (Å²) in [5.74, 6) is 2.80. The number of hydrogen-bond acceptors (Lipinski definition) is 4. The summed E-state index contributed by atoms with van der Waals surface area (Å²) < 4.78 is 17.4. The molecule has 29 heavy (non-hydrogen) atoms. The largest absolute Gasteiger partial charge is 0.493 e. The molecule has 3 rings (SSSR count). The quantitative estimate of drug-likeness (QED) is 0.728. The predicted octanol–water partition coefficient (Wildman–Crippen LogP) is 4.09. The summed E-state index contributed by atoms with van der Waals surface area (Å²) in [5.41, 5.74) is 1.03. The third-order valence-electron chi connectivity index (χ3n) is 4.61. The molecule has 6 nitrogen and oxygen atoms in total. The van der Waals surface area contributed by atoms with E-state index in [0.29, 0.717) is 38.8 Å². The van der Waals surface area contributed by atoms with Crippen LogP contribution >= 0.6 is 0 Å². The topological polar surface area (TPSA) is 60.0 Å². The fraction of sp³-hybridized carbons (Fsp3) is 0.435. The van der Waals surface area contributed by atoms with Gasteiger partial charge in [-0.2, -0.15) is 0 Å². The Morgan fingerprint density at radius 3 is 2.59 bits per heavy atom. The summed E-state index contributed by atoms with van der Waals surface area (Å²) in [6, 6.07) is 15.3. The Hall–Kier alpha value is -2.89. The van der Waals surface area contributed by atoms with Crippen LogP contribution in [0.15, 0.2) is 48.5 Å². The van der Waals surface area contributed by atoms with Crippen molar-refractivity contribution in [2.45, 2.75) is 33.4 Å². The van der Waals surface area contributed by atoms with Crippen LogP contribution in [0.1, 0.15) is 26.3 Å². The highest BCUT2D eigenvalue weighted by Gasteiger charge is 2.24. The standard InChI is InChI=1S/C23H30N2O4/c1-4-25(14-20-16-28-21-7-5-6-8-22(21)29-20)23(26)24-13-18-9-11-19(12-10-18)27-15-17(2)3/h5-12,17,20H,4,13-16H2,1-3H3,(H,24,26). The lowest BCUT2D eigenvalue weighted by molar-refractivity contribution is 0.0675. The third kappa shape index (κ3) is 6.04. The van der Waals surface area contributed by atoms with Crippen molar-refractivity contribution < 1.29 is 19.0 Å². The van der Waals surface area contributed by atoms with E-state index in [1.54, 1.807) is 4.90 Å². The number of rotatable bonds is 8. The van der Waals surface area contributed by atoms with Crippen LogP contribution < -0.4 is 19.5 Å². The van der Waals surface area contributed by atoms with Crippen LogP contribution in [0.3, 0.4) is 0 Å². The maximum absolute atomic E-state index is 12.6. The molecule has 1 aliphatic heterocycles. The SMILES string of the molecule is CCN(CC1COc2ccccc2O1)C(=O)NCc1ccc(OCC(C)C)cc1. The van der Waals surface area contributed by atoms with Gasteiger partial charge in [-0.25, -0.2) is 4.79 Å². The van der Waals surface area contributed by atoms with E-state index in [1.165, 1.54) is 0 Å². The van der Waals surface area contributed by atoms with Crippen molar-refractivity contribution in [1.82, 2.24) is 10.2 Å². The Labute approximate surface area is 172 Å². The lowest BCUT2D eigenvalue weighted by atomic mass is 10.2. The van der Waals surface area contributed by atoms with E-state index in [2.05, 4.69) is 19.2 Å². The number of hydrogen-bond donors (Lipinski definition) is 1. The zero-order valence-electron chi connectivity index (χ0n) is 17.4. The molecule has 2 aromatic rings. The summed E-state index contributed by atoms with van der Waals surface area (Å²) in [5, 5.41) is 2.98. The zero-order chi connectivity index (χ0) is 20.6. The van der Waals surface area contributed by atoms with E-state index in [9.17, 15) is 4.79 Å². The highest BCUT2D eigenvalue weighted by Crippen LogP contribution is 2.31. The van der Waals surface area contributed by atoms with Gasteiger partial charge in [0.15, 0.2) is 17.6 Å². The minimum atomic E-state index is -0.187. The second kappa shape index (κ2) is 10.0. The van der Waals surface area contributed by atoms with Gasteiger partial charge >= 0.3 is 6.03 Å². The highest BCUT2D eigenvalue weighted by atomic mass is 16.6. The van der Waals surface area contributed by atoms with Gasteiger partial charge in [0.05, 0.1) is 13.2 Å². The molecule has 0 saturated heterocycles. The summed E-state index contributed by atoms with van der Waals surface area (Å²) in [6.07, 6.45) is -0.187. The second-order valence-corrected chi connectivity index (χ2v) is 7.54. The first kappa shape index (κ1) is 20.8. The van der Waals surface area contributed by atoms with Crippen LogP contribution in [0, 0.1) is 5.92 Å². The number of para-hydroxylation sites is 2. The van der Waals surface area contributed by atoms with Crippen LogP contribution in [0.25, 0.3) is 0 Å². The number of carbonyl (C=O) groups is 1. The van der Waals surface area contributed by atoms with Crippen LogP contribution in [0.2, 0.25) is 0 Å². The minimum Gasteiger partial charge on any atom is -0.493 e. The van der Waals surface area contributed by atoms with E-state index in [-0.39, 0.29) is 12.1 Å². The molecule has 0 bridgehead atoms. The van der Waals surface area contributed by atoms with E-state index >= 15 is 0 Å². The van der Waals surface area contributed by atoms with Gasteiger partial charge in [-0.05, 0) is 42.7 Å². The van der Waals surface area contributed by atoms with Crippen molar-refractivity contribution in [1.29, 1.82) is 0 Å². The Kier molecular flexibility index (Phi) is 7.22. The molecule has 1 heterocycles. The molecule has 6 heteroatoms. The van der Waals surface area contributed by atoms with Crippen LogP contribution in [-0.4, -0.2) is 43.3 Å². The molecule has 1 atom stereocenters. The van der Waals surface area contributed by atoms with Crippen LogP contribution in [0.5, 0.6) is 17.2 Å². The molecule has 0 aromatic heterocycles. The number of benzene rings is 2. The van der Waals surface area contributed by atoms with Gasteiger partial charge in [0.1, 0.15) is 12.4 Å². The Morgan fingerprint density at radius 1 is 1.17 bits per heavy atom. The summed E-state index contributed by atoms with van der Waals surface area (Å²) in [4.78, 5) is 14.3. The summed E-state index contributed by atoms with van der Waals surface area (Å²) in [7, 11) is 0. The first-order valence-electron chi connectivity index (χ1n) is 10.2. The normalized spacial score (nSPS) is 15.1. The number of ether oxygens (including phenoxy) is 3. The molecular formula is C23H30N2O4. The maximum Gasteiger partial charge on any atom is 0.317 e. The number of carbonyl (C=O) groups excluding carboxylic acids is 1. The van der Waals surface area contributed by atoms with Gasteiger partial charge in [0, 0.05) is 13.1 Å². The van der Waals surface area contributed by atoms with Crippen molar-refractivity contribution >= 4 is 6.03 Å². The fourth-order valence-electron chi connectivity index (χ4n) is 3.01. The Balaban J connectivity index is 1.47. The van der Waals surface area contributed by atoms with Gasteiger partial charge in [0.25, 0.3) is 0 Å². The Bertz CT molecular complexity index is 792. The van der Waals surface area contributed by atoms with Crippen molar-refractivity contribution in [2.75, 3.05) is 26.3 Å². The smallest absolute Gasteiger partial charge is 0.317 e. The molecular weight excluding hydrogens is 368 g/mol. The number of nitrogens with zero attached hydrogens (tertiary/aromatic N) is 1. The number of nitrogens with one attached hydrogen (secondary N) is 1. The Morgan fingerprint density at radius 2 is 1.90 bits per heavy atom. The zero-order valence-corrected chi connectivity index (χ0v) is 17.4. The van der Waals surface area contributed by atoms with Gasteiger partial charge < -0.3 is 24.4 Å². The van der Waals surface area contributed by atoms with Crippen molar-refractivity contribution in [3.05, 3.63) is 54.1 Å².